The molecule has 3 aliphatic heterocycles. The number of hydroxylamine groups is 2. The van der Waals surface area contributed by atoms with Gasteiger partial charge in [0.2, 0.25) is 0 Å². The summed E-state index contributed by atoms with van der Waals surface area (Å²) in [5.74, 6) is -0.289. The number of amides is 1. The predicted octanol–water partition coefficient (Wildman–Crippen LogP) is 3.89. The SMILES string of the molecule is Cc1ccc(S(=O)(=O)ON(C(=O)c2ccc(Cl)cc2)C2C3CCN(CC3)C2C)cc1. The third-order valence-corrected chi connectivity index (χ3v) is 7.64. The Kier molecular flexibility index (Phi) is 5.90. The normalized spacial score (nSPS) is 25.8. The first-order valence-electron chi connectivity index (χ1n) is 10.1. The van der Waals surface area contributed by atoms with E-state index < -0.39 is 16.0 Å². The van der Waals surface area contributed by atoms with Crippen LogP contribution in [0.2, 0.25) is 5.02 Å². The summed E-state index contributed by atoms with van der Waals surface area (Å²) in [4.78, 5) is 15.7. The third kappa shape index (κ3) is 4.12. The number of aryl methyl sites for hydroxylation is 1. The lowest BCUT2D eigenvalue weighted by atomic mass is 9.79. The van der Waals surface area contributed by atoms with Gasteiger partial charge in [-0.3, -0.25) is 9.69 Å². The van der Waals surface area contributed by atoms with Crippen molar-refractivity contribution in [2.45, 2.75) is 43.7 Å². The fourth-order valence-electron chi connectivity index (χ4n) is 4.46. The molecule has 2 aromatic rings. The van der Waals surface area contributed by atoms with Crippen molar-refractivity contribution in [3.05, 3.63) is 64.7 Å². The second kappa shape index (κ2) is 8.30. The molecule has 2 atom stereocenters. The van der Waals surface area contributed by atoms with Crippen LogP contribution in [0.5, 0.6) is 0 Å². The fourth-order valence-corrected chi connectivity index (χ4v) is 5.52. The highest BCUT2D eigenvalue weighted by Crippen LogP contribution is 2.37. The molecule has 3 fully saturated rings. The molecule has 2 unspecified atom stereocenters. The monoisotopic (exact) mass is 448 g/mol. The van der Waals surface area contributed by atoms with Crippen molar-refractivity contribution in [3.8, 4) is 0 Å². The molecular formula is C22H25ClN2O4S. The molecular weight excluding hydrogens is 424 g/mol. The lowest BCUT2D eigenvalue weighted by Crippen LogP contribution is -2.63. The van der Waals surface area contributed by atoms with Crippen LogP contribution in [0.25, 0.3) is 0 Å². The fraction of sp³-hybridized carbons (Fsp3) is 0.409. The number of piperidine rings is 3. The van der Waals surface area contributed by atoms with Crippen molar-refractivity contribution in [3.63, 3.8) is 0 Å². The quantitative estimate of drug-likeness (QED) is 0.649. The van der Waals surface area contributed by atoms with Crippen molar-refractivity contribution in [2.24, 2.45) is 5.92 Å². The standard InChI is InChI=1S/C22H25ClN2O4S/c1-15-3-9-20(10-4-15)30(27,28)29-25(22(26)18-5-7-19(23)8-6-18)21-16(2)24-13-11-17(21)12-14-24/h3-10,16-17,21H,11-14H2,1-2H3. The maximum absolute atomic E-state index is 13.4. The molecule has 2 aromatic carbocycles. The summed E-state index contributed by atoms with van der Waals surface area (Å²) in [5.41, 5.74) is 1.27. The van der Waals surface area contributed by atoms with Crippen LogP contribution in [0.4, 0.5) is 0 Å². The van der Waals surface area contributed by atoms with Gasteiger partial charge in [0.1, 0.15) is 0 Å². The van der Waals surface area contributed by atoms with Crippen LogP contribution in [0.15, 0.2) is 53.4 Å². The molecule has 3 aliphatic rings. The first-order valence-corrected chi connectivity index (χ1v) is 11.9. The molecule has 30 heavy (non-hydrogen) atoms. The zero-order chi connectivity index (χ0) is 21.5. The Balaban J connectivity index is 1.71. The molecule has 0 N–H and O–H groups in total. The number of halogens is 1. The van der Waals surface area contributed by atoms with E-state index in [-0.39, 0.29) is 22.9 Å². The van der Waals surface area contributed by atoms with Gasteiger partial charge in [0.15, 0.2) is 0 Å². The second-order valence-corrected chi connectivity index (χ2v) is 10.0. The van der Waals surface area contributed by atoms with E-state index in [1.807, 2.05) is 13.8 Å². The predicted molar refractivity (Wildman–Crippen MR) is 115 cm³/mol. The van der Waals surface area contributed by atoms with E-state index in [0.29, 0.717) is 10.6 Å². The largest absolute Gasteiger partial charge is 0.317 e. The van der Waals surface area contributed by atoms with Crippen LogP contribution in [-0.4, -0.2) is 49.5 Å². The van der Waals surface area contributed by atoms with Gasteiger partial charge >= 0.3 is 10.1 Å². The Morgan fingerprint density at radius 2 is 1.67 bits per heavy atom. The van der Waals surface area contributed by atoms with Gasteiger partial charge < -0.3 is 0 Å². The summed E-state index contributed by atoms with van der Waals surface area (Å²) in [6.07, 6.45) is 1.82. The van der Waals surface area contributed by atoms with E-state index in [0.717, 1.165) is 36.6 Å². The lowest BCUT2D eigenvalue weighted by molar-refractivity contribution is -0.129. The highest BCUT2D eigenvalue weighted by molar-refractivity contribution is 7.86. The highest BCUT2D eigenvalue weighted by atomic mass is 35.5. The van der Waals surface area contributed by atoms with E-state index in [4.69, 9.17) is 15.9 Å². The first kappa shape index (κ1) is 21.3. The number of benzene rings is 2. The number of fused-ring (bicyclic) bond motifs is 3. The van der Waals surface area contributed by atoms with E-state index in [1.54, 1.807) is 36.4 Å². The minimum absolute atomic E-state index is 0.00182. The minimum atomic E-state index is -4.17. The third-order valence-electron chi connectivity index (χ3n) is 6.18. The molecule has 1 amide bonds. The zero-order valence-electron chi connectivity index (χ0n) is 17.0. The summed E-state index contributed by atoms with van der Waals surface area (Å²) in [6.45, 7) is 5.81. The Bertz CT molecular complexity index is 1010. The average Bonchev–Trinajstić information content (AvgIpc) is 2.74. The molecule has 2 bridgehead atoms. The Morgan fingerprint density at radius 3 is 2.23 bits per heavy atom. The van der Waals surface area contributed by atoms with Crippen LogP contribution >= 0.6 is 11.6 Å². The van der Waals surface area contributed by atoms with Crippen molar-refractivity contribution >= 4 is 27.6 Å². The van der Waals surface area contributed by atoms with Crippen LogP contribution in [0.3, 0.4) is 0 Å². The van der Waals surface area contributed by atoms with Crippen molar-refractivity contribution in [1.82, 2.24) is 9.96 Å². The van der Waals surface area contributed by atoms with E-state index >= 15 is 0 Å². The molecule has 0 spiro atoms. The highest BCUT2D eigenvalue weighted by Gasteiger charge is 2.46. The zero-order valence-corrected chi connectivity index (χ0v) is 18.6. The molecule has 8 heteroatoms. The topological polar surface area (TPSA) is 66.9 Å². The lowest BCUT2D eigenvalue weighted by Gasteiger charge is -2.52. The van der Waals surface area contributed by atoms with Gasteiger partial charge in [-0.15, -0.1) is 4.28 Å². The molecule has 0 saturated carbocycles. The van der Waals surface area contributed by atoms with Gasteiger partial charge in [0.05, 0.1) is 10.9 Å². The molecule has 6 nitrogen and oxygen atoms in total. The summed E-state index contributed by atoms with van der Waals surface area (Å²) < 4.78 is 31.7. The summed E-state index contributed by atoms with van der Waals surface area (Å²) in [6, 6.07) is 12.5. The summed E-state index contributed by atoms with van der Waals surface area (Å²) in [5, 5.41) is 1.60. The smallest absolute Gasteiger partial charge is 0.298 e. The van der Waals surface area contributed by atoms with Gasteiger partial charge in [-0.05, 0) is 82.1 Å². The number of hydrogen-bond acceptors (Lipinski definition) is 5. The molecule has 3 heterocycles. The minimum Gasteiger partial charge on any atom is -0.298 e. The maximum atomic E-state index is 13.4. The van der Waals surface area contributed by atoms with Crippen molar-refractivity contribution in [2.75, 3.05) is 13.1 Å². The summed E-state index contributed by atoms with van der Waals surface area (Å²) >= 11 is 5.96. The Labute approximate surface area is 182 Å². The van der Waals surface area contributed by atoms with Crippen molar-refractivity contribution < 1.29 is 17.5 Å². The number of hydrogen-bond donors (Lipinski definition) is 0. The van der Waals surface area contributed by atoms with E-state index in [1.165, 1.54) is 12.1 Å². The summed E-state index contributed by atoms with van der Waals surface area (Å²) in [7, 11) is -4.17. The van der Waals surface area contributed by atoms with E-state index in [9.17, 15) is 13.2 Å². The van der Waals surface area contributed by atoms with Crippen LogP contribution in [-0.2, 0) is 14.4 Å². The molecule has 3 saturated heterocycles. The maximum Gasteiger partial charge on any atom is 0.317 e. The first-order chi connectivity index (χ1) is 14.3. The van der Waals surface area contributed by atoms with Gasteiger partial charge in [-0.1, -0.05) is 29.3 Å². The van der Waals surface area contributed by atoms with Crippen LogP contribution in [0, 0.1) is 12.8 Å². The van der Waals surface area contributed by atoms with Gasteiger partial charge in [0.25, 0.3) is 5.91 Å². The molecule has 0 aliphatic carbocycles. The molecule has 160 valence electrons. The number of carbonyl (C=O) groups is 1. The van der Waals surface area contributed by atoms with Gasteiger partial charge in [0, 0.05) is 16.6 Å². The second-order valence-electron chi connectivity index (χ2n) is 8.08. The van der Waals surface area contributed by atoms with Gasteiger partial charge in [-0.2, -0.15) is 13.5 Å². The molecule has 0 aromatic heterocycles. The van der Waals surface area contributed by atoms with Crippen LogP contribution < -0.4 is 0 Å². The number of carbonyl (C=O) groups excluding carboxylic acids is 1. The number of nitrogens with zero attached hydrogens (tertiary/aromatic N) is 2. The van der Waals surface area contributed by atoms with Gasteiger partial charge in [-0.25, -0.2) is 0 Å². The average molecular weight is 449 g/mol. The van der Waals surface area contributed by atoms with E-state index in [2.05, 4.69) is 4.90 Å². The molecule has 5 rings (SSSR count). The number of rotatable bonds is 5. The van der Waals surface area contributed by atoms with Crippen LogP contribution in [0.1, 0.15) is 35.7 Å². The Morgan fingerprint density at radius 1 is 1.07 bits per heavy atom. The Hall–Kier alpha value is -1.93. The molecule has 0 radical (unpaired) electrons. The van der Waals surface area contributed by atoms with Crippen molar-refractivity contribution in [1.29, 1.82) is 0 Å².